The van der Waals surface area contributed by atoms with E-state index in [1.807, 2.05) is 30.5 Å². The lowest BCUT2D eigenvalue weighted by atomic mass is 10.1. The average Bonchev–Trinajstić information content (AvgIpc) is 2.65. The van der Waals surface area contributed by atoms with E-state index in [1.54, 1.807) is 24.8 Å². The number of halogens is 2. The van der Waals surface area contributed by atoms with Crippen LogP contribution in [0.1, 0.15) is 24.1 Å². The summed E-state index contributed by atoms with van der Waals surface area (Å²) >= 11 is 1.62. The maximum Gasteiger partial charge on any atom is 0.331 e. The highest BCUT2D eigenvalue weighted by Crippen LogP contribution is 2.17. The molecule has 0 unspecified atom stereocenters. The fraction of sp³-hybridized carbons (Fsp3) is 0.200. The molecule has 142 valence electrons. The fourth-order valence-corrected chi connectivity index (χ4v) is 2.69. The van der Waals surface area contributed by atoms with Gasteiger partial charge >= 0.3 is 5.97 Å². The first kappa shape index (κ1) is 20.6. The number of hydrogen-bond donors (Lipinski definition) is 1. The van der Waals surface area contributed by atoms with E-state index < -0.39 is 36.2 Å². The van der Waals surface area contributed by atoms with Crippen LogP contribution < -0.4 is 5.32 Å². The molecule has 0 heterocycles. The van der Waals surface area contributed by atoms with Crippen molar-refractivity contribution in [2.75, 3.05) is 12.9 Å². The number of thioether (sulfide) groups is 1. The van der Waals surface area contributed by atoms with Gasteiger partial charge in [-0.1, -0.05) is 18.2 Å². The molecule has 0 aliphatic carbocycles. The first-order valence-electron chi connectivity index (χ1n) is 8.12. The smallest absolute Gasteiger partial charge is 0.331 e. The van der Waals surface area contributed by atoms with Crippen LogP contribution in [0.2, 0.25) is 0 Å². The van der Waals surface area contributed by atoms with Crippen LogP contribution in [-0.2, 0) is 14.3 Å². The fourth-order valence-electron chi connectivity index (χ4n) is 2.28. The molecular weight excluding hydrogens is 372 g/mol. The average molecular weight is 391 g/mol. The van der Waals surface area contributed by atoms with Crippen molar-refractivity contribution < 1.29 is 23.1 Å². The van der Waals surface area contributed by atoms with E-state index >= 15 is 0 Å². The number of nitrogens with one attached hydrogen (secondary N) is 1. The Hall–Kier alpha value is -2.67. The van der Waals surface area contributed by atoms with Crippen LogP contribution in [0.15, 0.2) is 53.4 Å². The monoisotopic (exact) mass is 391 g/mol. The lowest BCUT2D eigenvalue weighted by Crippen LogP contribution is -2.31. The molecule has 0 fully saturated rings. The third kappa shape index (κ3) is 6.53. The maximum atomic E-state index is 13.7. The van der Waals surface area contributed by atoms with Crippen LogP contribution in [0, 0.1) is 11.6 Å². The van der Waals surface area contributed by atoms with Crippen molar-refractivity contribution in [2.45, 2.75) is 17.9 Å². The molecule has 0 spiro atoms. The molecule has 0 saturated carbocycles. The van der Waals surface area contributed by atoms with Crippen LogP contribution in [0.5, 0.6) is 0 Å². The number of ether oxygens (including phenoxy) is 1. The summed E-state index contributed by atoms with van der Waals surface area (Å²) in [6, 6.07) is 10.0. The van der Waals surface area contributed by atoms with Crippen molar-refractivity contribution in [2.24, 2.45) is 0 Å². The number of hydrogen-bond acceptors (Lipinski definition) is 4. The second-order valence-electron chi connectivity index (χ2n) is 5.67. The summed E-state index contributed by atoms with van der Waals surface area (Å²) in [6.07, 6.45) is 4.78. The molecule has 1 atom stereocenters. The summed E-state index contributed by atoms with van der Waals surface area (Å²) in [5.74, 6) is -2.70. The molecule has 2 rings (SSSR count). The van der Waals surface area contributed by atoms with Gasteiger partial charge in [-0.25, -0.2) is 13.6 Å². The largest absolute Gasteiger partial charge is 0.452 e. The summed E-state index contributed by atoms with van der Waals surface area (Å²) in [4.78, 5) is 24.6. The van der Waals surface area contributed by atoms with Gasteiger partial charge in [0.25, 0.3) is 5.91 Å². The van der Waals surface area contributed by atoms with Gasteiger partial charge in [0.15, 0.2) is 6.61 Å². The van der Waals surface area contributed by atoms with Crippen molar-refractivity contribution in [3.8, 4) is 0 Å². The first-order valence-corrected chi connectivity index (χ1v) is 9.34. The third-order valence-electron chi connectivity index (χ3n) is 3.68. The number of rotatable bonds is 7. The molecule has 27 heavy (non-hydrogen) atoms. The second-order valence-corrected chi connectivity index (χ2v) is 6.55. The first-order chi connectivity index (χ1) is 12.9. The van der Waals surface area contributed by atoms with Crippen molar-refractivity contribution in [1.82, 2.24) is 5.32 Å². The Morgan fingerprint density at radius 1 is 1.19 bits per heavy atom. The summed E-state index contributed by atoms with van der Waals surface area (Å²) in [5.41, 5.74) is 0.972. The Bertz CT molecular complexity index is 838. The summed E-state index contributed by atoms with van der Waals surface area (Å²) in [5, 5.41) is 2.49. The van der Waals surface area contributed by atoms with E-state index in [1.165, 1.54) is 12.1 Å². The zero-order chi connectivity index (χ0) is 19.8. The van der Waals surface area contributed by atoms with Crippen molar-refractivity contribution in [1.29, 1.82) is 0 Å². The summed E-state index contributed by atoms with van der Waals surface area (Å²) < 4.78 is 31.5. The Balaban J connectivity index is 1.81. The molecule has 2 aromatic rings. The van der Waals surface area contributed by atoms with Gasteiger partial charge in [0.1, 0.15) is 11.6 Å². The number of carbonyl (C=O) groups is 2. The number of benzene rings is 2. The maximum absolute atomic E-state index is 13.7. The molecule has 0 aliphatic heterocycles. The quantitative estimate of drug-likeness (QED) is 0.438. The van der Waals surface area contributed by atoms with Crippen LogP contribution in [-0.4, -0.2) is 24.7 Å². The lowest BCUT2D eigenvalue weighted by molar-refractivity contribution is -0.144. The molecule has 0 aliphatic rings. The summed E-state index contributed by atoms with van der Waals surface area (Å²) in [6.45, 7) is 1.05. The van der Waals surface area contributed by atoms with Gasteiger partial charge in [-0.05, 0) is 43.0 Å². The molecule has 1 amide bonds. The third-order valence-corrected chi connectivity index (χ3v) is 4.42. The van der Waals surface area contributed by atoms with Gasteiger partial charge in [-0.15, -0.1) is 11.8 Å². The van der Waals surface area contributed by atoms with E-state index in [9.17, 15) is 18.4 Å². The van der Waals surface area contributed by atoms with Crippen molar-refractivity contribution in [3.63, 3.8) is 0 Å². The molecule has 0 aromatic heterocycles. The topological polar surface area (TPSA) is 55.4 Å². The molecule has 0 radical (unpaired) electrons. The molecule has 7 heteroatoms. The van der Waals surface area contributed by atoms with Gasteiger partial charge in [0.05, 0.1) is 6.04 Å². The zero-order valence-electron chi connectivity index (χ0n) is 14.9. The van der Waals surface area contributed by atoms with Crippen molar-refractivity contribution >= 4 is 29.7 Å². The lowest BCUT2D eigenvalue weighted by Gasteiger charge is -2.15. The minimum Gasteiger partial charge on any atom is -0.452 e. The number of carbonyl (C=O) groups excluding carboxylic acids is 2. The molecule has 2 aromatic carbocycles. The van der Waals surface area contributed by atoms with E-state index in [-0.39, 0.29) is 5.56 Å². The van der Waals surface area contributed by atoms with Crippen LogP contribution in [0.25, 0.3) is 6.08 Å². The Labute approximate surface area is 160 Å². The SMILES string of the molecule is CSc1ccc(/C=C/C(=O)OCC(=O)N[C@@H](C)c2ccc(F)cc2F)cc1. The van der Waals surface area contributed by atoms with Gasteiger partial charge < -0.3 is 10.1 Å². The zero-order valence-corrected chi connectivity index (χ0v) is 15.7. The van der Waals surface area contributed by atoms with Crippen LogP contribution in [0.4, 0.5) is 8.78 Å². The van der Waals surface area contributed by atoms with E-state index in [0.717, 1.165) is 22.6 Å². The van der Waals surface area contributed by atoms with E-state index in [4.69, 9.17) is 4.74 Å². The normalized spacial score (nSPS) is 12.0. The molecule has 0 saturated heterocycles. The Kier molecular flexibility index (Phi) is 7.55. The summed E-state index contributed by atoms with van der Waals surface area (Å²) in [7, 11) is 0. The Morgan fingerprint density at radius 2 is 1.89 bits per heavy atom. The van der Waals surface area contributed by atoms with Crippen LogP contribution in [0.3, 0.4) is 0 Å². The Morgan fingerprint density at radius 3 is 2.52 bits per heavy atom. The number of esters is 1. The van der Waals surface area contributed by atoms with E-state index in [2.05, 4.69) is 5.32 Å². The molecule has 4 nitrogen and oxygen atoms in total. The minimum absolute atomic E-state index is 0.143. The highest BCUT2D eigenvalue weighted by molar-refractivity contribution is 7.98. The molecular formula is C20H19F2NO3S. The second kappa shape index (κ2) is 9.87. The van der Waals surface area contributed by atoms with Crippen molar-refractivity contribution in [3.05, 3.63) is 71.3 Å². The van der Waals surface area contributed by atoms with Gasteiger partial charge in [-0.2, -0.15) is 0 Å². The van der Waals surface area contributed by atoms with Gasteiger partial charge in [0, 0.05) is 22.6 Å². The standard InChI is InChI=1S/C20H19F2NO3S/c1-13(17-9-6-15(21)11-18(17)22)23-19(24)12-26-20(25)10-5-14-3-7-16(27-2)8-4-14/h3-11,13H,12H2,1-2H3,(H,23,24)/b10-5+/t13-/m0/s1. The van der Waals surface area contributed by atoms with Gasteiger partial charge in [0.2, 0.25) is 0 Å². The highest BCUT2D eigenvalue weighted by atomic mass is 32.2. The molecule has 0 bridgehead atoms. The van der Waals surface area contributed by atoms with E-state index in [0.29, 0.717) is 0 Å². The van der Waals surface area contributed by atoms with Gasteiger partial charge in [-0.3, -0.25) is 4.79 Å². The number of amides is 1. The van der Waals surface area contributed by atoms with Crippen LogP contribution >= 0.6 is 11.8 Å². The predicted octanol–water partition coefficient (Wildman–Crippen LogP) is 4.12. The minimum atomic E-state index is -0.754. The molecule has 1 N–H and O–H groups in total. The highest BCUT2D eigenvalue weighted by Gasteiger charge is 2.15. The predicted molar refractivity (Wildman–Crippen MR) is 101 cm³/mol.